The second-order valence-corrected chi connectivity index (χ2v) is 8.87. The lowest BCUT2D eigenvalue weighted by Crippen LogP contribution is -1.89. The number of aromatic nitrogens is 1. The van der Waals surface area contributed by atoms with Gasteiger partial charge >= 0.3 is 0 Å². The molecule has 3 aromatic carbocycles. The van der Waals surface area contributed by atoms with Crippen LogP contribution in [0.1, 0.15) is 11.1 Å². The number of rotatable bonds is 4. The van der Waals surface area contributed by atoms with E-state index >= 15 is 0 Å². The molecular weight excluding hydrogens is 594 g/mol. The van der Waals surface area contributed by atoms with Crippen molar-refractivity contribution in [3.8, 4) is 23.0 Å². The molecule has 4 rings (SSSR count). The number of benzene rings is 3. The van der Waals surface area contributed by atoms with E-state index in [1.54, 1.807) is 13.3 Å². The number of ether oxygens (including phenoxy) is 1. The third-order valence-corrected chi connectivity index (χ3v) is 5.81. The predicted octanol–water partition coefficient (Wildman–Crippen LogP) is 6.48. The van der Waals surface area contributed by atoms with Crippen molar-refractivity contribution in [2.24, 2.45) is 4.99 Å². The summed E-state index contributed by atoms with van der Waals surface area (Å²) in [6.07, 6.45) is 1.64. The first-order valence-corrected chi connectivity index (χ1v) is 10.9. The summed E-state index contributed by atoms with van der Waals surface area (Å²) in [5, 5.41) is 10.3. The Kier molecular flexibility index (Phi) is 5.77. The number of phenolic OH excluding ortho intramolecular Hbond substituents is 1. The maximum Gasteiger partial charge on any atom is 0.227 e. The van der Waals surface area contributed by atoms with Gasteiger partial charge in [0, 0.05) is 20.9 Å². The molecule has 0 bridgehead atoms. The number of fused-ring (bicyclic) bond motifs is 1. The molecule has 0 unspecified atom stereocenters. The van der Waals surface area contributed by atoms with E-state index in [4.69, 9.17) is 9.15 Å². The number of aromatic hydroxyl groups is 1. The van der Waals surface area contributed by atoms with Crippen molar-refractivity contribution in [3.63, 3.8) is 0 Å². The minimum Gasteiger partial charge on any atom is -0.506 e. The van der Waals surface area contributed by atoms with Crippen LogP contribution in [-0.2, 0) is 0 Å². The molecule has 7 heteroatoms. The topological polar surface area (TPSA) is 67.9 Å². The summed E-state index contributed by atoms with van der Waals surface area (Å²) >= 11 is 4.32. The fraction of sp³-hybridized carbons (Fsp3) is 0.0909. The molecule has 1 N–H and O–H groups in total. The second-order valence-electron chi connectivity index (χ2n) is 6.46. The van der Waals surface area contributed by atoms with Gasteiger partial charge in [0.15, 0.2) is 5.58 Å². The Morgan fingerprint density at radius 3 is 2.72 bits per heavy atom. The van der Waals surface area contributed by atoms with E-state index in [9.17, 15) is 5.11 Å². The van der Waals surface area contributed by atoms with Crippen molar-refractivity contribution in [1.29, 1.82) is 0 Å². The number of nitrogens with zero attached hydrogens (tertiary/aromatic N) is 2. The Morgan fingerprint density at radius 2 is 1.93 bits per heavy atom. The summed E-state index contributed by atoms with van der Waals surface area (Å²) in [4.78, 5) is 9.15. The molecule has 4 aromatic rings. The van der Waals surface area contributed by atoms with Crippen molar-refractivity contribution >= 4 is 68.2 Å². The van der Waals surface area contributed by atoms with Crippen LogP contribution in [0.4, 0.5) is 5.69 Å². The van der Waals surface area contributed by atoms with E-state index in [-0.39, 0.29) is 5.75 Å². The highest BCUT2D eigenvalue weighted by molar-refractivity contribution is 14.1. The molecule has 29 heavy (non-hydrogen) atoms. The first-order chi connectivity index (χ1) is 13.9. The molecule has 0 aliphatic carbocycles. The summed E-state index contributed by atoms with van der Waals surface area (Å²) in [6.45, 7) is 2.02. The minimum absolute atomic E-state index is 0.208. The maximum absolute atomic E-state index is 10.3. The van der Waals surface area contributed by atoms with E-state index in [2.05, 4.69) is 55.2 Å². The van der Waals surface area contributed by atoms with E-state index in [0.29, 0.717) is 22.9 Å². The lowest BCUT2D eigenvalue weighted by atomic mass is 10.1. The Labute approximate surface area is 195 Å². The van der Waals surface area contributed by atoms with Crippen LogP contribution in [0.3, 0.4) is 0 Å². The maximum atomic E-state index is 10.3. The van der Waals surface area contributed by atoms with Crippen molar-refractivity contribution < 1.29 is 14.3 Å². The van der Waals surface area contributed by atoms with Crippen molar-refractivity contribution in [2.45, 2.75) is 6.92 Å². The van der Waals surface area contributed by atoms with Gasteiger partial charge in [-0.1, -0.05) is 6.07 Å². The molecule has 146 valence electrons. The summed E-state index contributed by atoms with van der Waals surface area (Å²) in [5.74, 6) is 1.35. The Morgan fingerprint density at radius 1 is 1.10 bits per heavy atom. The zero-order valence-corrected chi connectivity index (χ0v) is 19.9. The normalized spacial score (nSPS) is 11.4. The molecule has 0 atom stereocenters. The highest BCUT2D eigenvalue weighted by atomic mass is 127. The largest absolute Gasteiger partial charge is 0.506 e. The van der Waals surface area contributed by atoms with Gasteiger partial charge in [-0.2, -0.15) is 0 Å². The minimum atomic E-state index is 0.208. The Bertz CT molecular complexity index is 1250. The van der Waals surface area contributed by atoms with Gasteiger partial charge in [0.1, 0.15) is 22.7 Å². The van der Waals surface area contributed by atoms with Crippen molar-refractivity contribution in [1.82, 2.24) is 4.98 Å². The van der Waals surface area contributed by atoms with E-state index in [1.165, 1.54) is 0 Å². The molecule has 0 saturated heterocycles. The van der Waals surface area contributed by atoms with E-state index < -0.39 is 0 Å². The molecule has 0 aliphatic rings. The third kappa shape index (κ3) is 4.25. The molecule has 5 nitrogen and oxygen atoms in total. The Hall–Kier alpha value is -2.14. The third-order valence-electron chi connectivity index (χ3n) is 4.37. The first kappa shape index (κ1) is 20.1. The predicted molar refractivity (Wildman–Crippen MR) is 132 cm³/mol. The van der Waals surface area contributed by atoms with Crippen molar-refractivity contribution in [3.05, 3.63) is 66.8 Å². The molecule has 0 saturated carbocycles. The van der Waals surface area contributed by atoms with Gasteiger partial charge in [-0.05, 0) is 100 Å². The summed E-state index contributed by atoms with van der Waals surface area (Å²) in [6, 6.07) is 15.3. The average Bonchev–Trinajstić information content (AvgIpc) is 3.12. The van der Waals surface area contributed by atoms with Gasteiger partial charge in [0.25, 0.3) is 0 Å². The fourth-order valence-corrected chi connectivity index (χ4v) is 4.80. The zero-order valence-electron chi connectivity index (χ0n) is 15.6. The van der Waals surface area contributed by atoms with Crippen LogP contribution in [-0.4, -0.2) is 23.4 Å². The van der Waals surface area contributed by atoms with Crippen LogP contribution in [0.5, 0.6) is 11.5 Å². The smallest absolute Gasteiger partial charge is 0.227 e. The molecule has 0 amide bonds. The number of hydrogen-bond acceptors (Lipinski definition) is 5. The van der Waals surface area contributed by atoms with Gasteiger partial charge < -0.3 is 14.3 Å². The standard InChI is InChI=1S/C22H16I2N2O3/c1-12-3-5-20-18(7-12)26-22(29-20)13-4-6-19(28-2)17(9-13)25-11-14-8-15(23)10-16(24)21(14)27/h3-11,27H,1-2H3. The van der Waals surface area contributed by atoms with Crippen LogP contribution >= 0.6 is 45.2 Å². The quantitative estimate of drug-likeness (QED) is 0.213. The molecule has 0 fully saturated rings. The molecular formula is C22H16I2N2O3. The van der Waals surface area contributed by atoms with Crippen LogP contribution in [0, 0.1) is 14.1 Å². The number of phenols is 1. The average molecular weight is 610 g/mol. The molecule has 0 spiro atoms. The van der Waals surface area contributed by atoms with Crippen molar-refractivity contribution in [2.75, 3.05) is 7.11 Å². The van der Waals surface area contributed by atoms with Crippen LogP contribution in [0.15, 0.2) is 57.9 Å². The monoisotopic (exact) mass is 610 g/mol. The van der Waals surface area contributed by atoms with Gasteiger partial charge in [0.05, 0.1) is 10.7 Å². The first-order valence-electron chi connectivity index (χ1n) is 8.72. The van der Waals surface area contributed by atoms with Gasteiger partial charge in [-0.3, -0.25) is 4.99 Å². The number of oxazole rings is 1. The molecule has 0 radical (unpaired) electrons. The SMILES string of the molecule is COc1ccc(-c2nc3cc(C)ccc3o2)cc1N=Cc1cc(I)cc(I)c1O. The molecule has 1 aromatic heterocycles. The zero-order chi connectivity index (χ0) is 20.5. The van der Waals surface area contributed by atoms with Gasteiger partial charge in [0.2, 0.25) is 5.89 Å². The highest BCUT2D eigenvalue weighted by Crippen LogP contribution is 2.34. The Balaban J connectivity index is 1.75. The number of hydrogen-bond donors (Lipinski definition) is 1. The van der Waals surface area contributed by atoms with Gasteiger partial charge in [-0.15, -0.1) is 0 Å². The van der Waals surface area contributed by atoms with E-state index in [0.717, 1.165) is 29.4 Å². The molecule has 0 aliphatic heterocycles. The lowest BCUT2D eigenvalue weighted by molar-refractivity contribution is 0.416. The summed E-state index contributed by atoms with van der Waals surface area (Å²) in [5.41, 5.74) is 4.75. The van der Waals surface area contributed by atoms with Crippen LogP contribution < -0.4 is 4.74 Å². The number of aryl methyl sites for hydroxylation is 1. The molecule has 1 heterocycles. The summed E-state index contributed by atoms with van der Waals surface area (Å²) in [7, 11) is 1.60. The van der Waals surface area contributed by atoms with Gasteiger partial charge in [-0.25, -0.2) is 4.98 Å². The second kappa shape index (κ2) is 8.31. The summed E-state index contributed by atoms with van der Waals surface area (Å²) < 4.78 is 13.2. The number of methoxy groups -OCH3 is 1. The fourth-order valence-electron chi connectivity index (χ4n) is 2.91. The number of halogens is 2. The van der Waals surface area contributed by atoms with Crippen LogP contribution in [0.25, 0.3) is 22.6 Å². The highest BCUT2D eigenvalue weighted by Gasteiger charge is 2.12. The number of aliphatic imine (C=N–C) groups is 1. The van der Waals surface area contributed by atoms with E-state index in [1.807, 2.05) is 55.5 Å². The lowest BCUT2D eigenvalue weighted by Gasteiger charge is -2.07. The van der Waals surface area contributed by atoms with Crippen LogP contribution in [0.2, 0.25) is 0 Å².